The number of methoxy groups -OCH3 is 1. The number of aromatic hydroxyl groups is 1. The fraction of sp³-hybridized carbons (Fsp3) is 0.357. The van der Waals surface area contributed by atoms with E-state index >= 15 is 8.78 Å². The molecule has 7 rings (SSSR count). The molecule has 2 bridgehead atoms. The van der Waals surface area contributed by atoms with Crippen molar-refractivity contribution in [3.8, 4) is 22.9 Å². The molecule has 3 aliphatic rings. The lowest BCUT2D eigenvalue weighted by Crippen LogP contribution is -2.51. The second-order valence-corrected chi connectivity index (χ2v) is 10.2. The number of benzene rings is 3. The average Bonchev–Trinajstić information content (AvgIpc) is 3.48. The van der Waals surface area contributed by atoms with E-state index < -0.39 is 11.6 Å². The Morgan fingerprint density at radius 1 is 1.06 bits per heavy atom. The number of anilines is 1. The third kappa shape index (κ3) is 3.24. The molecule has 2 atom stereocenters. The molecule has 2 fully saturated rings. The van der Waals surface area contributed by atoms with Gasteiger partial charge in [0.15, 0.2) is 5.82 Å². The van der Waals surface area contributed by atoms with E-state index in [-0.39, 0.29) is 22.8 Å². The maximum atomic E-state index is 16.4. The topological polar surface area (TPSA) is 70.5 Å². The predicted octanol–water partition coefficient (Wildman–Crippen LogP) is 4.87. The molecular formula is C28H26F2N4O2. The molecule has 0 spiro atoms. The zero-order chi connectivity index (χ0) is 24.6. The second-order valence-electron chi connectivity index (χ2n) is 10.2. The van der Waals surface area contributed by atoms with Crippen LogP contribution in [0, 0.1) is 11.6 Å². The first-order chi connectivity index (χ1) is 17.5. The van der Waals surface area contributed by atoms with E-state index in [1.54, 1.807) is 6.07 Å². The van der Waals surface area contributed by atoms with Crippen molar-refractivity contribution in [1.29, 1.82) is 0 Å². The van der Waals surface area contributed by atoms with Crippen molar-refractivity contribution in [3.63, 3.8) is 0 Å². The first-order valence-corrected chi connectivity index (χ1v) is 12.5. The normalized spacial score (nSPS) is 20.9. The SMILES string of the molecule is COc1nc(N2CC3CCC(C2)N3)c2cc(F)c(-c3cc(O)cc4ccc5c(c34)CCC5)c(F)c2n1. The van der Waals surface area contributed by atoms with Crippen LogP contribution in [0.3, 0.4) is 0 Å². The maximum absolute atomic E-state index is 16.4. The van der Waals surface area contributed by atoms with Gasteiger partial charge in [0.1, 0.15) is 22.9 Å². The van der Waals surface area contributed by atoms with Gasteiger partial charge in [-0.15, -0.1) is 0 Å². The molecule has 0 saturated carbocycles. The van der Waals surface area contributed by atoms with Crippen LogP contribution in [0.2, 0.25) is 0 Å². The van der Waals surface area contributed by atoms with Crippen molar-refractivity contribution in [2.24, 2.45) is 0 Å². The summed E-state index contributed by atoms with van der Waals surface area (Å²) < 4.78 is 37.6. The Labute approximate surface area is 206 Å². The minimum atomic E-state index is -0.771. The number of hydrogen-bond donors (Lipinski definition) is 2. The number of ether oxygens (including phenoxy) is 1. The molecule has 1 aliphatic carbocycles. The van der Waals surface area contributed by atoms with Crippen molar-refractivity contribution < 1.29 is 18.6 Å². The van der Waals surface area contributed by atoms with E-state index in [4.69, 9.17) is 4.74 Å². The Morgan fingerprint density at radius 2 is 1.86 bits per heavy atom. The predicted molar refractivity (Wildman–Crippen MR) is 135 cm³/mol. The highest BCUT2D eigenvalue weighted by Gasteiger charge is 2.34. The highest BCUT2D eigenvalue weighted by Crippen LogP contribution is 2.43. The van der Waals surface area contributed by atoms with Crippen LogP contribution >= 0.6 is 0 Å². The fourth-order valence-corrected chi connectivity index (χ4v) is 6.45. The van der Waals surface area contributed by atoms with E-state index in [9.17, 15) is 5.11 Å². The number of halogens is 2. The smallest absolute Gasteiger partial charge is 0.318 e. The number of rotatable bonds is 3. The molecule has 0 amide bonds. The quantitative estimate of drug-likeness (QED) is 0.429. The zero-order valence-electron chi connectivity index (χ0n) is 19.9. The summed E-state index contributed by atoms with van der Waals surface area (Å²) in [6.45, 7) is 1.42. The van der Waals surface area contributed by atoms with Crippen molar-refractivity contribution in [2.75, 3.05) is 25.1 Å². The van der Waals surface area contributed by atoms with E-state index in [0.29, 0.717) is 41.9 Å². The monoisotopic (exact) mass is 488 g/mol. The van der Waals surface area contributed by atoms with Gasteiger partial charge in [-0.25, -0.2) is 8.78 Å². The molecule has 6 nitrogen and oxygen atoms in total. The maximum Gasteiger partial charge on any atom is 0.318 e. The van der Waals surface area contributed by atoms with Gasteiger partial charge in [-0.2, -0.15) is 9.97 Å². The molecule has 3 heterocycles. The van der Waals surface area contributed by atoms with Gasteiger partial charge in [0.05, 0.1) is 12.7 Å². The van der Waals surface area contributed by atoms with Gasteiger partial charge in [0, 0.05) is 30.6 Å². The molecule has 8 heteroatoms. The summed E-state index contributed by atoms with van der Waals surface area (Å²) in [6.07, 6.45) is 4.92. The van der Waals surface area contributed by atoms with Crippen LogP contribution in [-0.4, -0.2) is 47.4 Å². The van der Waals surface area contributed by atoms with Crippen molar-refractivity contribution >= 4 is 27.5 Å². The third-order valence-corrected chi connectivity index (χ3v) is 7.99. The van der Waals surface area contributed by atoms with Crippen molar-refractivity contribution in [1.82, 2.24) is 15.3 Å². The van der Waals surface area contributed by atoms with Gasteiger partial charge in [-0.05, 0) is 77.8 Å². The summed E-state index contributed by atoms with van der Waals surface area (Å²) in [5.41, 5.74) is 2.47. The van der Waals surface area contributed by atoms with Crippen LogP contribution in [0.15, 0.2) is 30.3 Å². The number of aryl methyl sites for hydroxylation is 2. The van der Waals surface area contributed by atoms with E-state index in [1.165, 1.54) is 24.8 Å². The second kappa shape index (κ2) is 8.00. The molecule has 36 heavy (non-hydrogen) atoms. The molecule has 184 valence electrons. The number of phenolic OH excluding ortho intramolecular Hbond substituents is 1. The summed E-state index contributed by atoms with van der Waals surface area (Å²) >= 11 is 0. The van der Waals surface area contributed by atoms with E-state index in [1.807, 2.05) is 12.1 Å². The van der Waals surface area contributed by atoms with Crippen molar-refractivity contribution in [3.05, 3.63) is 53.1 Å². The van der Waals surface area contributed by atoms with Gasteiger partial charge >= 0.3 is 6.01 Å². The first kappa shape index (κ1) is 21.7. The summed E-state index contributed by atoms with van der Waals surface area (Å²) in [7, 11) is 1.45. The molecule has 3 aromatic carbocycles. The van der Waals surface area contributed by atoms with Crippen LogP contribution in [0.4, 0.5) is 14.6 Å². The minimum absolute atomic E-state index is 0.0169. The standard InChI is InChI=1S/C28H26F2N4O2/c1-36-28-32-26-21(27(33-28)34-12-16-7-8-17(13-34)31-16)11-22(29)24(25(26)30)20-10-18(35)9-15-6-5-14-3-2-4-19(14)23(15)20/h5-6,9-11,16-17,31,35H,2-4,7-8,12-13H2,1H3. The molecule has 2 N–H and O–H groups in total. The Hall–Kier alpha value is -3.52. The molecule has 2 saturated heterocycles. The van der Waals surface area contributed by atoms with Gasteiger partial charge in [-0.3, -0.25) is 0 Å². The van der Waals surface area contributed by atoms with Gasteiger partial charge in [0.2, 0.25) is 0 Å². The summed E-state index contributed by atoms with van der Waals surface area (Å²) in [5.74, 6) is -1.02. The summed E-state index contributed by atoms with van der Waals surface area (Å²) in [5, 5.41) is 15.9. The third-order valence-electron chi connectivity index (χ3n) is 7.99. The Morgan fingerprint density at radius 3 is 2.64 bits per heavy atom. The van der Waals surface area contributed by atoms with Crippen LogP contribution in [-0.2, 0) is 12.8 Å². The minimum Gasteiger partial charge on any atom is -0.508 e. The summed E-state index contributed by atoms with van der Waals surface area (Å²) in [4.78, 5) is 10.9. The highest BCUT2D eigenvalue weighted by molar-refractivity contribution is 6.03. The molecular weight excluding hydrogens is 462 g/mol. The van der Waals surface area contributed by atoms with Crippen LogP contribution in [0.5, 0.6) is 11.8 Å². The van der Waals surface area contributed by atoms with Gasteiger partial charge < -0.3 is 20.1 Å². The van der Waals surface area contributed by atoms with Crippen LogP contribution in [0.1, 0.15) is 30.4 Å². The number of hydrogen-bond acceptors (Lipinski definition) is 6. The lowest BCUT2D eigenvalue weighted by Gasteiger charge is -2.34. The van der Waals surface area contributed by atoms with Crippen molar-refractivity contribution in [2.45, 2.75) is 44.2 Å². The molecule has 2 unspecified atom stereocenters. The number of nitrogens with zero attached hydrogens (tertiary/aromatic N) is 3. The highest BCUT2D eigenvalue weighted by atomic mass is 19.1. The first-order valence-electron chi connectivity index (χ1n) is 12.5. The van der Waals surface area contributed by atoms with E-state index in [0.717, 1.165) is 48.4 Å². The number of aromatic nitrogens is 2. The number of fused-ring (bicyclic) bond motifs is 6. The number of nitrogens with one attached hydrogen (secondary N) is 1. The number of piperazine rings is 1. The van der Waals surface area contributed by atoms with Gasteiger partial charge in [0.25, 0.3) is 0 Å². The average molecular weight is 489 g/mol. The lowest BCUT2D eigenvalue weighted by molar-refractivity contribution is 0.380. The van der Waals surface area contributed by atoms with Crippen LogP contribution in [0.25, 0.3) is 32.8 Å². The van der Waals surface area contributed by atoms with E-state index in [2.05, 4.69) is 20.2 Å². The molecule has 4 aromatic rings. The van der Waals surface area contributed by atoms with Gasteiger partial charge in [-0.1, -0.05) is 12.1 Å². The largest absolute Gasteiger partial charge is 0.508 e. The lowest BCUT2D eigenvalue weighted by atomic mass is 9.91. The Balaban J connectivity index is 1.49. The summed E-state index contributed by atoms with van der Waals surface area (Å²) in [6, 6.07) is 9.11. The van der Waals surface area contributed by atoms with Crippen LogP contribution < -0.4 is 15.0 Å². The zero-order valence-corrected chi connectivity index (χ0v) is 19.9. The molecule has 0 radical (unpaired) electrons. The Bertz CT molecular complexity index is 1540. The Kier molecular flexibility index (Phi) is 4.83. The number of phenols is 1. The molecule has 2 aliphatic heterocycles. The fourth-order valence-electron chi connectivity index (χ4n) is 6.45. The molecule has 1 aromatic heterocycles.